The van der Waals surface area contributed by atoms with Gasteiger partial charge in [0.1, 0.15) is 11.4 Å². The Labute approximate surface area is 143 Å². The summed E-state index contributed by atoms with van der Waals surface area (Å²) in [7, 11) is 0. The third kappa shape index (κ3) is 3.96. The number of rotatable bonds is 6. The first-order valence-corrected chi connectivity index (χ1v) is 7.70. The van der Waals surface area contributed by atoms with Crippen molar-refractivity contribution in [3.63, 3.8) is 0 Å². The van der Waals surface area contributed by atoms with E-state index in [2.05, 4.69) is 5.32 Å². The number of anilines is 1. The second kappa shape index (κ2) is 7.21. The molecule has 0 saturated carbocycles. The van der Waals surface area contributed by atoms with Crippen molar-refractivity contribution in [1.29, 1.82) is 0 Å². The predicted molar refractivity (Wildman–Crippen MR) is 87.7 cm³/mol. The maximum absolute atomic E-state index is 12.1. The number of hydrogen-bond donors (Lipinski definition) is 2. The van der Waals surface area contributed by atoms with E-state index in [0.717, 1.165) is 11.0 Å². The molecule has 0 radical (unpaired) electrons. The van der Waals surface area contributed by atoms with Crippen LogP contribution < -0.4 is 10.1 Å². The van der Waals surface area contributed by atoms with Crippen molar-refractivity contribution in [1.82, 2.24) is 4.90 Å². The first kappa shape index (κ1) is 17.6. The van der Waals surface area contributed by atoms with E-state index in [-0.39, 0.29) is 30.0 Å². The molecule has 0 aliphatic carbocycles. The summed E-state index contributed by atoms with van der Waals surface area (Å²) >= 11 is 12.2. The number of halogens is 2. The fourth-order valence-electron chi connectivity index (χ4n) is 2.02. The Kier molecular flexibility index (Phi) is 5.51. The van der Waals surface area contributed by atoms with Gasteiger partial charge >= 0.3 is 0 Å². The number of benzene rings is 1. The lowest BCUT2D eigenvalue weighted by atomic mass is 10.2. The average molecular weight is 359 g/mol. The van der Waals surface area contributed by atoms with Crippen molar-refractivity contribution in [3.05, 3.63) is 34.0 Å². The molecule has 0 fully saturated rings. The Hall–Kier alpha value is -1.76. The second-order valence-corrected chi connectivity index (χ2v) is 5.95. The fourth-order valence-corrected chi connectivity index (χ4v) is 2.50. The zero-order valence-corrected chi connectivity index (χ0v) is 14.1. The summed E-state index contributed by atoms with van der Waals surface area (Å²) in [5.74, 6) is -0.602. The number of hydrogen-bond acceptors (Lipinski definition) is 5. The summed E-state index contributed by atoms with van der Waals surface area (Å²) in [6, 6.07) is 3.06. The largest absolute Gasteiger partial charge is 0.489 e. The van der Waals surface area contributed by atoms with Gasteiger partial charge in [-0.3, -0.25) is 14.5 Å². The highest BCUT2D eigenvalue weighted by Gasteiger charge is 2.31. The minimum Gasteiger partial charge on any atom is -0.489 e. The zero-order chi connectivity index (χ0) is 17.1. The molecule has 23 heavy (non-hydrogen) atoms. The van der Waals surface area contributed by atoms with E-state index in [1.165, 1.54) is 6.07 Å². The molecule has 0 saturated heterocycles. The summed E-state index contributed by atoms with van der Waals surface area (Å²) in [6.07, 6.45) is 1.07. The van der Waals surface area contributed by atoms with E-state index in [0.29, 0.717) is 16.5 Å². The van der Waals surface area contributed by atoms with Gasteiger partial charge in [-0.25, -0.2) is 0 Å². The summed E-state index contributed by atoms with van der Waals surface area (Å²) < 4.78 is 5.57. The number of imide groups is 1. The zero-order valence-electron chi connectivity index (χ0n) is 12.6. The Balaban J connectivity index is 2.25. The molecular formula is C15H16Cl2N2O4. The number of nitrogens with zero attached hydrogens (tertiary/aromatic N) is 1. The fraction of sp³-hybridized carbons (Fsp3) is 0.333. The molecule has 0 bridgehead atoms. The van der Waals surface area contributed by atoms with Crippen LogP contribution in [-0.4, -0.2) is 41.1 Å². The highest BCUT2D eigenvalue weighted by Crippen LogP contribution is 2.35. The first-order valence-electron chi connectivity index (χ1n) is 6.94. The van der Waals surface area contributed by atoms with Gasteiger partial charge in [0, 0.05) is 12.1 Å². The minimum atomic E-state index is -0.526. The summed E-state index contributed by atoms with van der Waals surface area (Å²) in [5.41, 5.74) is 0.466. The summed E-state index contributed by atoms with van der Waals surface area (Å²) in [6.45, 7) is 3.35. The smallest absolute Gasteiger partial charge is 0.277 e. The summed E-state index contributed by atoms with van der Waals surface area (Å²) in [5, 5.41) is 12.3. The van der Waals surface area contributed by atoms with Crippen molar-refractivity contribution in [3.8, 4) is 5.75 Å². The van der Waals surface area contributed by atoms with Gasteiger partial charge in [0.2, 0.25) is 0 Å². The standard InChI is InChI=1S/C15H16Cl2N2O4/c1-8(2)23-13-6-11(9(16)5-10(13)17)18-12-7-14(21)19(3-4-20)15(12)22/h5-8,18,20H,3-4H2,1-2H3. The Morgan fingerprint density at radius 2 is 1.96 bits per heavy atom. The third-order valence-corrected chi connectivity index (χ3v) is 3.59. The number of ether oxygens (including phenoxy) is 1. The quantitative estimate of drug-likeness (QED) is 0.763. The van der Waals surface area contributed by atoms with Crippen LogP contribution in [0.15, 0.2) is 23.9 Å². The third-order valence-electron chi connectivity index (χ3n) is 2.99. The van der Waals surface area contributed by atoms with Gasteiger partial charge < -0.3 is 15.2 Å². The Morgan fingerprint density at radius 3 is 2.57 bits per heavy atom. The number of amides is 2. The Bertz CT molecular complexity index is 674. The molecule has 0 aromatic heterocycles. The van der Waals surface area contributed by atoms with Crippen LogP contribution in [0.25, 0.3) is 0 Å². The van der Waals surface area contributed by atoms with Gasteiger partial charge in [0.15, 0.2) is 0 Å². The molecule has 1 aromatic carbocycles. The molecule has 1 aliphatic heterocycles. The molecule has 6 nitrogen and oxygen atoms in total. The number of carbonyl (C=O) groups is 2. The van der Waals surface area contributed by atoms with Crippen molar-refractivity contribution >= 4 is 40.7 Å². The van der Waals surface area contributed by atoms with Gasteiger partial charge in [-0.05, 0) is 19.9 Å². The van der Waals surface area contributed by atoms with Crippen molar-refractivity contribution in [2.24, 2.45) is 0 Å². The molecule has 1 aliphatic rings. The molecule has 1 aromatic rings. The topological polar surface area (TPSA) is 78.9 Å². The molecule has 2 N–H and O–H groups in total. The number of aliphatic hydroxyl groups excluding tert-OH is 1. The number of nitrogens with one attached hydrogen (secondary N) is 1. The number of aliphatic hydroxyl groups is 1. The summed E-state index contributed by atoms with van der Waals surface area (Å²) in [4.78, 5) is 24.8. The van der Waals surface area contributed by atoms with Gasteiger partial charge in [-0.2, -0.15) is 0 Å². The van der Waals surface area contributed by atoms with Crippen LogP contribution in [-0.2, 0) is 9.59 Å². The van der Waals surface area contributed by atoms with Crippen molar-refractivity contribution in [2.45, 2.75) is 20.0 Å². The molecule has 1 heterocycles. The van der Waals surface area contributed by atoms with Gasteiger partial charge in [-0.15, -0.1) is 0 Å². The van der Waals surface area contributed by atoms with Crippen LogP contribution in [0.5, 0.6) is 5.75 Å². The minimum absolute atomic E-state index is 0.0601. The lowest BCUT2D eigenvalue weighted by molar-refractivity contribution is -0.137. The van der Waals surface area contributed by atoms with Crippen molar-refractivity contribution in [2.75, 3.05) is 18.5 Å². The molecule has 8 heteroatoms. The lowest BCUT2D eigenvalue weighted by Gasteiger charge is -2.16. The van der Waals surface area contributed by atoms with Crippen LogP contribution in [0.1, 0.15) is 13.8 Å². The molecule has 0 spiro atoms. The monoisotopic (exact) mass is 358 g/mol. The molecule has 0 unspecified atom stereocenters. The maximum Gasteiger partial charge on any atom is 0.277 e. The highest BCUT2D eigenvalue weighted by atomic mass is 35.5. The first-order chi connectivity index (χ1) is 10.8. The van der Waals surface area contributed by atoms with Gasteiger partial charge in [-0.1, -0.05) is 23.2 Å². The molecule has 2 amide bonds. The second-order valence-electron chi connectivity index (χ2n) is 5.13. The van der Waals surface area contributed by atoms with Gasteiger partial charge in [0.25, 0.3) is 11.8 Å². The molecule has 124 valence electrons. The van der Waals surface area contributed by atoms with E-state index in [1.54, 1.807) is 6.07 Å². The highest BCUT2D eigenvalue weighted by molar-refractivity contribution is 6.37. The molecular weight excluding hydrogens is 343 g/mol. The van der Waals surface area contributed by atoms with Crippen molar-refractivity contribution < 1.29 is 19.4 Å². The van der Waals surface area contributed by atoms with E-state index in [1.807, 2.05) is 13.8 Å². The van der Waals surface area contributed by atoms with E-state index >= 15 is 0 Å². The molecule has 0 atom stereocenters. The van der Waals surface area contributed by atoms with Gasteiger partial charge in [0.05, 0.1) is 35.0 Å². The van der Waals surface area contributed by atoms with Crippen LogP contribution in [0, 0.1) is 0 Å². The van der Waals surface area contributed by atoms with Crippen LogP contribution >= 0.6 is 23.2 Å². The van der Waals surface area contributed by atoms with E-state index < -0.39 is 11.8 Å². The number of carbonyl (C=O) groups excluding carboxylic acids is 2. The average Bonchev–Trinajstić information content (AvgIpc) is 2.71. The lowest BCUT2D eigenvalue weighted by Crippen LogP contribution is -2.34. The van der Waals surface area contributed by atoms with Crippen LogP contribution in [0.3, 0.4) is 0 Å². The van der Waals surface area contributed by atoms with E-state index in [4.69, 9.17) is 33.0 Å². The normalized spacial score (nSPS) is 14.5. The van der Waals surface area contributed by atoms with Crippen LogP contribution in [0.4, 0.5) is 5.69 Å². The SMILES string of the molecule is CC(C)Oc1cc(NC2=CC(=O)N(CCO)C2=O)c(Cl)cc1Cl. The molecule has 2 rings (SSSR count). The number of β-amino-alcohol motifs (C(OH)–C–C–N with tert-alkyl or cyclic N) is 1. The maximum atomic E-state index is 12.1. The van der Waals surface area contributed by atoms with Crippen LogP contribution in [0.2, 0.25) is 10.0 Å². The van der Waals surface area contributed by atoms with E-state index in [9.17, 15) is 9.59 Å². The Morgan fingerprint density at radius 1 is 1.26 bits per heavy atom. The predicted octanol–water partition coefficient (Wildman–Crippen LogP) is 2.44.